The zero-order chi connectivity index (χ0) is 15.4. The van der Waals surface area contributed by atoms with Gasteiger partial charge in [0.2, 0.25) is 0 Å². The summed E-state index contributed by atoms with van der Waals surface area (Å²) in [7, 11) is 1.98. The van der Waals surface area contributed by atoms with E-state index in [0.717, 1.165) is 17.1 Å². The molecular formula is C17H15N3OS. The highest BCUT2D eigenvalue weighted by Gasteiger charge is 2.13. The van der Waals surface area contributed by atoms with Crippen LogP contribution in [0.5, 0.6) is 0 Å². The van der Waals surface area contributed by atoms with E-state index in [1.165, 1.54) is 11.3 Å². The molecule has 0 saturated carbocycles. The van der Waals surface area contributed by atoms with E-state index in [0.29, 0.717) is 5.69 Å². The van der Waals surface area contributed by atoms with E-state index < -0.39 is 0 Å². The normalized spacial score (nSPS) is 10.2. The topological polar surface area (TPSA) is 45.2 Å². The molecule has 0 spiro atoms. The van der Waals surface area contributed by atoms with Gasteiger partial charge in [0.15, 0.2) is 0 Å². The molecule has 0 atom stereocenters. The average Bonchev–Trinajstić information content (AvgIpc) is 3.10. The minimum atomic E-state index is -0.199. The summed E-state index contributed by atoms with van der Waals surface area (Å²) in [6.07, 6.45) is 0. The number of carbonyl (C=O) groups is 1. The lowest BCUT2D eigenvalue weighted by Gasteiger charge is -2.22. The minimum absolute atomic E-state index is 0.199. The molecule has 3 aromatic rings. The highest BCUT2D eigenvalue weighted by atomic mass is 32.1. The van der Waals surface area contributed by atoms with Crippen LogP contribution in [0.2, 0.25) is 0 Å². The Morgan fingerprint density at radius 1 is 1.09 bits per heavy atom. The second-order valence-corrected chi connectivity index (χ2v) is 5.46. The Morgan fingerprint density at radius 3 is 2.55 bits per heavy atom. The zero-order valence-corrected chi connectivity index (χ0v) is 12.9. The van der Waals surface area contributed by atoms with E-state index in [2.05, 4.69) is 10.3 Å². The van der Waals surface area contributed by atoms with Gasteiger partial charge < -0.3 is 10.2 Å². The molecule has 2 aromatic carbocycles. The van der Waals surface area contributed by atoms with Crippen molar-refractivity contribution in [2.24, 2.45) is 0 Å². The highest BCUT2D eigenvalue weighted by Crippen LogP contribution is 2.30. The van der Waals surface area contributed by atoms with Crippen molar-refractivity contribution in [2.75, 3.05) is 17.3 Å². The molecule has 4 nitrogen and oxygen atoms in total. The second kappa shape index (κ2) is 6.41. The largest absolute Gasteiger partial charge is 0.343 e. The van der Waals surface area contributed by atoms with E-state index in [-0.39, 0.29) is 5.91 Å². The lowest BCUT2D eigenvalue weighted by molar-refractivity contribution is 0.102. The van der Waals surface area contributed by atoms with Crippen molar-refractivity contribution in [3.05, 3.63) is 71.2 Å². The second-order valence-electron chi connectivity index (χ2n) is 4.74. The van der Waals surface area contributed by atoms with E-state index >= 15 is 0 Å². The Balaban J connectivity index is 1.88. The molecule has 22 heavy (non-hydrogen) atoms. The van der Waals surface area contributed by atoms with Crippen molar-refractivity contribution in [1.82, 2.24) is 4.98 Å². The van der Waals surface area contributed by atoms with Gasteiger partial charge in [-0.1, -0.05) is 30.3 Å². The van der Waals surface area contributed by atoms with Crippen LogP contribution in [0, 0.1) is 0 Å². The van der Waals surface area contributed by atoms with Gasteiger partial charge in [0.05, 0.1) is 16.9 Å². The van der Waals surface area contributed by atoms with Crippen LogP contribution in [0.4, 0.5) is 17.1 Å². The SMILES string of the molecule is CN(c1ccccc1)c1ccccc1NC(=O)c1cscn1. The number of benzene rings is 2. The Morgan fingerprint density at radius 2 is 1.82 bits per heavy atom. The Kier molecular flexibility index (Phi) is 4.16. The maximum Gasteiger partial charge on any atom is 0.275 e. The fourth-order valence-corrected chi connectivity index (χ4v) is 2.71. The molecule has 1 aromatic heterocycles. The molecule has 1 heterocycles. The smallest absolute Gasteiger partial charge is 0.275 e. The first kappa shape index (κ1) is 14.3. The van der Waals surface area contributed by atoms with Crippen LogP contribution in [0.3, 0.4) is 0 Å². The van der Waals surface area contributed by atoms with Crippen molar-refractivity contribution in [3.63, 3.8) is 0 Å². The summed E-state index contributed by atoms with van der Waals surface area (Å²) in [5.41, 5.74) is 4.82. The molecular weight excluding hydrogens is 294 g/mol. The van der Waals surface area contributed by atoms with Crippen LogP contribution in [0.15, 0.2) is 65.5 Å². The Bertz CT molecular complexity index is 757. The molecule has 3 rings (SSSR count). The molecule has 0 aliphatic heterocycles. The molecule has 0 radical (unpaired) electrons. The van der Waals surface area contributed by atoms with Crippen molar-refractivity contribution >= 4 is 34.3 Å². The molecule has 0 unspecified atom stereocenters. The number of carbonyl (C=O) groups excluding carboxylic acids is 1. The molecule has 1 N–H and O–H groups in total. The maximum absolute atomic E-state index is 12.2. The molecule has 110 valence electrons. The molecule has 0 aliphatic carbocycles. The van der Waals surface area contributed by atoms with Gasteiger partial charge in [0, 0.05) is 18.1 Å². The lowest BCUT2D eigenvalue weighted by atomic mass is 10.2. The molecule has 1 amide bonds. The van der Waals surface area contributed by atoms with Crippen LogP contribution in [-0.4, -0.2) is 17.9 Å². The number of anilines is 3. The average molecular weight is 309 g/mol. The Hall–Kier alpha value is -2.66. The summed E-state index contributed by atoms with van der Waals surface area (Å²) in [5, 5.41) is 4.66. The molecule has 0 fully saturated rings. The quantitative estimate of drug-likeness (QED) is 0.787. The molecule has 5 heteroatoms. The van der Waals surface area contributed by atoms with Gasteiger partial charge in [0.25, 0.3) is 5.91 Å². The van der Waals surface area contributed by atoms with Gasteiger partial charge >= 0.3 is 0 Å². The van der Waals surface area contributed by atoms with Gasteiger partial charge in [0.1, 0.15) is 5.69 Å². The first-order valence-corrected chi connectivity index (χ1v) is 7.77. The van der Waals surface area contributed by atoms with Crippen LogP contribution >= 0.6 is 11.3 Å². The van der Waals surface area contributed by atoms with E-state index in [1.54, 1.807) is 10.9 Å². The fourth-order valence-electron chi connectivity index (χ4n) is 2.17. The first-order valence-electron chi connectivity index (χ1n) is 6.83. The highest BCUT2D eigenvalue weighted by molar-refractivity contribution is 7.07. The number of aromatic nitrogens is 1. The summed E-state index contributed by atoms with van der Waals surface area (Å²) in [5.74, 6) is -0.199. The van der Waals surface area contributed by atoms with Crippen molar-refractivity contribution < 1.29 is 4.79 Å². The van der Waals surface area contributed by atoms with Gasteiger partial charge in [-0.25, -0.2) is 4.98 Å². The van der Waals surface area contributed by atoms with Gasteiger partial charge in [-0.3, -0.25) is 4.79 Å². The molecule has 0 saturated heterocycles. The van der Waals surface area contributed by atoms with Crippen molar-refractivity contribution in [3.8, 4) is 0 Å². The van der Waals surface area contributed by atoms with Crippen molar-refractivity contribution in [1.29, 1.82) is 0 Å². The number of amides is 1. The third-order valence-electron chi connectivity index (χ3n) is 3.32. The maximum atomic E-state index is 12.2. The molecule has 0 aliphatic rings. The summed E-state index contributed by atoms with van der Waals surface area (Å²) in [4.78, 5) is 18.3. The summed E-state index contributed by atoms with van der Waals surface area (Å²) in [6, 6.07) is 17.7. The van der Waals surface area contributed by atoms with Gasteiger partial charge in [-0.2, -0.15) is 0 Å². The summed E-state index contributed by atoms with van der Waals surface area (Å²) < 4.78 is 0. The number of nitrogens with one attached hydrogen (secondary N) is 1. The lowest BCUT2D eigenvalue weighted by Crippen LogP contribution is -2.16. The van der Waals surface area contributed by atoms with E-state index in [4.69, 9.17) is 0 Å². The predicted molar refractivity (Wildman–Crippen MR) is 91.0 cm³/mol. The summed E-state index contributed by atoms with van der Waals surface area (Å²) >= 11 is 1.40. The van der Waals surface area contributed by atoms with E-state index in [1.807, 2.05) is 66.5 Å². The van der Waals surface area contributed by atoms with Gasteiger partial charge in [-0.05, 0) is 24.3 Å². The number of nitrogens with zero attached hydrogens (tertiary/aromatic N) is 2. The number of rotatable bonds is 4. The third-order valence-corrected chi connectivity index (χ3v) is 3.91. The van der Waals surface area contributed by atoms with Gasteiger partial charge in [-0.15, -0.1) is 11.3 Å². The fraction of sp³-hybridized carbons (Fsp3) is 0.0588. The zero-order valence-electron chi connectivity index (χ0n) is 12.1. The molecule has 0 bridgehead atoms. The summed E-state index contributed by atoms with van der Waals surface area (Å²) in [6.45, 7) is 0. The van der Waals surface area contributed by atoms with E-state index in [9.17, 15) is 4.79 Å². The van der Waals surface area contributed by atoms with Crippen molar-refractivity contribution in [2.45, 2.75) is 0 Å². The van der Waals surface area contributed by atoms with Crippen LogP contribution in [-0.2, 0) is 0 Å². The first-order chi connectivity index (χ1) is 10.8. The number of hydrogen-bond acceptors (Lipinski definition) is 4. The van der Waals surface area contributed by atoms with Crippen LogP contribution in [0.25, 0.3) is 0 Å². The standard InChI is InChI=1S/C17H15N3OS/c1-20(13-7-3-2-4-8-13)16-10-6-5-9-14(16)19-17(21)15-11-22-12-18-15/h2-12H,1H3,(H,19,21). The third kappa shape index (κ3) is 2.99. The van der Waals surface area contributed by atoms with Crippen LogP contribution < -0.4 is 10.2 Å². The monoisotopic (exact) mass is 309 g/mol. The Labute approximate surface area is 133 Å². The minimum Gasteiger partial charge on any atom is -0.343 e. The number of para-hydroxylation sites is 3. The predicted octanol–water partition coefficient (Wildman–Crippen LogP) is 4.16. The number of thiazole rings is 1. The number of hydrogen-bond donors (Lipinski definition) is 1. The van der Waals surface area contributed by atoms with Crippen LogP contribution in [0.1, 0.15) is 10.5 Å².